The maximum atomic E-state index is 11.8. The Kier molecular flexibility index (Phi) is 5.63. The predicted molar refractivity (Wildman–Crippen MR) is 73.3 cm³/mol. The lowest BCUT2D eigenvalue weighted by atomic mass is 10.2. The van der Waals surface area contributed by atoms with Crippen molar-refractivity contribution >= 4 is 23.4 Å². The van der Waals surface area contributed by atoms with Crippen LogP contribution in [0, 0.1) is 0 Å². The van der Waals surface area contributed by atoms with Gasteiger partial charge in [-0.2, -0.15) is 0 Å². The van der Waals surface area contributed by atoms with Crippen molar-refractivity contribution in [1.29, 1.82) is 0 Å². The van der Waals surface area contributed by atoms with Gasteiger partial charge in [0.05, 0.1) is 5.56 Å². The molecule has 6 heteroatoms. The third-order valence-electron chi connectivity index (χ3n) is 2.29. The molecule has 0 saturated carbocycles. The van der Waals surface area contributed by atoms with E-state index in [4.69, 9.17) is 11.6 Å². The fourth-order valence-electron chi connectivity index (χ4n) is 1.47. The minimum absolute atomic E-state index is 0.0696. The van der Waals surface area contributed by atoms with E-state index >= 15 is 0 Å². The molecule has 0 aliphatic rings. The smallest absolute Gasteiger partial charge is 0.255 e. The quantitative estimate of drug-likeness (QED) is 0.770. The zero-order valence-electron chi connectivity index (χ0n) is 10.9. The molecule has 2 amide bonds. The van der Waals surface area contributed by atoms with Crippen LogP contribution < -0.4 is 10.6 Å². The highest BCUT2D eigenvalue weighted by Gasteiger charge is 2.12. The van der Waals surface area contributed by atoms with E-state index < -0.39 is 5.91 Å². The van der Waals surface area contributed by atoms with Crippen molar-refractivity contribution in [3.8, 4) is 5.75 Å². The summed E-state index contributed by atoms with van der Waals surface area (Å²) in [4.78, 5) is 23.1. The number of hydrogen-bond donors (Lipinski definition) is 3. The number of hydrogen-bond acceptors (Lipinski definition) is 3. The summed E-state index contributed by atoms with van der Waals surface area (Å²) < 4.78 is 0. The average molecular weight is 285 g/mol. The summed E-state index contributed by atoms with van der Waals surface area (Å²) in [7, 11) is 0. The van der Waals surface area contributed by atoms with Crippen molar-refractivity contribution in [2.24, 2.45) is 0 Å². The molecule has 1 rings (SSSR count). The Labute approximate surface area is 117 Å². The Morgan fingerprint density at radius 1 is 1.37 bits per heavy atom. The number of nitrogens with one attached hydrogen (secondary N) is 2. The van der Waals surface area contributed by atoms with Gasteiger partial charge in [0.2, 0.25) is 5.91 Å². The summed E-state index contributed by atoms with van der Waals surface area (Å²) in [5, 5.41) is 15.2. The molecule has 0 aromatic heterocycles. The minimum Gasteiger partial charge on any atom is -0.507 e. The van der Waals surface area contributed by atoms with Crippen LogP contribution in [0.5, 0.6) is 5.75 Å². The SMILES string of the molecule is CC(C)NC(=O)CCNC(=O)c1cc(Cl)ccc1O. The van der Waals surface area contributed by atoms with Crippen molar-refractivity contribution in [3.63, 3.8) is 0 Å². The molecule has 19 heavy (non-hydrogen) atoms. The first kappa shape index (κ1) is 15.3. The first-order chi connectivity index (χ1) is 8.90. The van der Waals surface area contributed by atoms with Crippen molar-refractivity contribution < 1.29 is 14.7 Å². The first-order valence-electron chi connectivity index (χ1n) is 5.96. The molecule has 1 aromatic rings. The number of halogens is 1. The van der Waals surface area contributed by atoms with E-state index in [0.717, 1.165) is 0 Å². The number of amides is 2. The Bertz CT molecular complexity index is 475. The molecule has 3 N–H and O–H groups in total. The minimum atomic E-state index is -0.461. The van der Waals surface area contributed by atoms with Crippen LogP contribution in [-0.2, 0) is 4.79 Å². The topological polar surface area (TPSA) is 78.4 Å². The van der Waals surface area contributed by atoms with Crippen LogP contribution in [0.4, 0.5) is 0 Å². The van der Waals surface area contributed by atoms with Crippen LogP contribution in [-0.4, -0.2) is 29.5 Å². The number of aromatic hydroxyl groups is 1. The number of phenolic OH excluding ortho intramolecular Hbond substituents is 1. The summed E-state index contributed by atoms with van der Waals surface area (Å²) in [6.45, 7) is 3.92. The largest absolute Gasteiger partial charge is 0.507 e. The summed E-state index contributed by atoms with van der Waals surface area (Å²) in [6.07, 6.45) is 0.186. The molecule has 0 bridgehead atoms. The monoisotopic (exact) mass is 284 g/mol. The zero-order valence-corrected chi connectivity index (χ0v) is 11.6. The van der Waals surface area contributed by atoms with Crippen LogP contribution >= 0.6 is 11.6 Å². The van der Waals surface area contributed by atoms with Crippen LogP contribution in [0.25, 0.3) is 0 Å². The Balaban J connectivity index is 2.48. The van der Waals surface area contributed by atoms with Crippen molar-refractivity contribution in [2.75, 3.05) is 6.54 Å². The molecule has 5 nitrogen and oxygen atoms in total. The third-order valence-corrected chi connectivity index (χ3v) is 2.53. The fourth-order valence-corrected chi connectivity index (χ4v) is 1.64. The summed E-state index contributed by atoms with van der Waals surface area (Å²) >= 11 is 5.75. The van der Waals surface area contributed by atoms with Gasteiger partial charge in [0.15, 0.2) is 0 Å². The predicted octanol–water partition coefficient (Wildman–Crippen LogP) is 1.69. The second-order valence-electron chi connectivity index (χ2n) is 4.39. The van der Waals surface area contributed by atoms with E-state index in [0.29, 0.717) is 5.02 Å². The van der Waals surface area contributed by atoms with Gasteiger partial charge in [0, 0.05) is 24.0 Å². The van der Waals surface area contributed by atoms with Crippen LogP contribution in [0.15, 0.2) is 18.2 Å². The molecule has 0 aliphatic heterocycles. The maximum Gasteiger partial charge on any atom is 0.255 e. The Morgan fingerprint density at radius 2 is 2.05 bits per heavy atom. The molecule has 0 unspecified atom stereocenters. The van der Waals surface area contributed by atoms with Gasteiger partial charge in [-0.25, -0.2) is 0 Å². The van der Waals surface area contributed by atoms with E-state index in [1.165, 1.54) is 18.2 Å². The van der Waals surface area contributed by atoms with Gasteiger partial charge in [0.25, 0.3) is 5.91 Å². The first-order valence-corrected chi connectivity index (χ1v) is 6.34. The van der Waals surface area contributed by atoms with Gasteiger partial charge >= 0.3 is 0 Å². The lowest BCUT2D eigenvalue weighted by Gasteiger charge is -2.09. The number of rotatable bonds is 5. The molecule has 0 fully saturated rings. The van der Waals surface area contributed by atoms with E-state index in [-0.39, 0.29) is 36.2 Å². The highest BCUT2D eigenvalue weighted by molar-refractivity contribution is 6.31. The second-order valence-corrected chi connectivity index (χ2v) is 4.83. The number of carbonyl (C=O) groups excluding carboxylic acids is 2. The third kappa shape index (κ3) is 5.18. The van der Waals surface area contributed by atoms with Gasteiger partial charge in [-0.05, 0) is 32.0 Å². The highest BCUT2D eigenvalue weighted by atomic mass is 35.5. The van der Waals surface area contributed by atoms with E-state index in [2.05, 4.69) is 10.6 Å². The standard InChI is InChI=1S/C13H17ClN2O3/c1-8(2)16-12(18)5-6-15-13(19)10-7-9(14)3-4-11(10)17/h3-4,7-8,17H,5-6H2,1-2H3,(H,15,19)(H,16,18). The molecule has 0 aliphatic carbocycles. The highest BCUT2D eigenvalue weighted by Crippen LogP contribution is 2.21. The van der Waals surface area contributed by atoms with E-state index in [1.54, 1.807) is 0 Å². The summed E-state index contributed by atoms with van der Waals surface area (Å²) in [5.41, 5.74) is 0.0942. The Morgan fingerprint density at radius 3 is 2.68 bits per heavy atom. The van der Waals surface area contributed by atoms with Gasteiger partial charge in [0.1, 0.15) is 5.75 Å². The number of carbonyl (C=O) groups is 2. The molecule has 1 aromatic carbocycles. The second kappa shape index (κ2) is 6.99. The van der Waals surface area contributed by atoms with E-state index in [1.807, 2.05) is 13.8 Å². The van der Waals surface area contributed by atoms with E-state index in [9.17, 15) is 14.7 Å². The normalized spacial score (nSPS) is 10.3. The van der Waals surface area contributed by atoms with Crippen LogP contribution in [0.2, 0.25) is 5.02 Å². The van der Waals surface area contributed by atoms with Crippen LogP contribution in [0.3, 0.4) is 0 Å². The molecular formula is C13H17ClN2O3. The molecular weight excluding hydrogens is 268 g/mol. The molecule has 0 radical (unpaired) electrons. The lowest BCUT2D eigenvalue weighted by molar-refractivity contribution is -0.121. The molecule has 0 spiro atoms. The fraction of sp³-hybridized carbons (Fsp3) is 0.385. The zero-order chi connectivity index (χ0) is 14.4. The van der Waals surface area contributed by atoms with Crippen molar-refractivity contribution in [1.82, 2.24) is 10.6 Å². The van der Waals surface area contributed by atoms with Crippen molar-refractivity contribution in [3.05, 3.63) is 28.8 Å². The van der Waals surface area contributed by atoms with Gasteiger partial charge in [-0.1, -0.05) is 11.6 Å². The lowest BCUT2D eigenvalue weighted by Crippen LogP contribution is -2.34. The number of phenols is 1. The van der Waals surface area contributed by atoms with Gasteiger partial charge < -0.3 is 15.7 Å². The van der Waals surface area contributed by atoms with Gasteiger partial charge in [-0.3, -0.25) is 9.59 Å². The Hall–Kier alpha value is -1.75. The molecule has 0 saturated heterocycles. The van der Waals surface area contributed by atoms with Gasteiger partial charge in [-0.15, -0.1) is 0 Å². The summed E-state index contributed by atoms with van der Waals surface area (Å²) in [5.74, 6) is -0.739. The van der Waals surface area contributed by atoms with Crippen molar-refractivity contribution in [2.45, 2.75) is 26.3 Å². The molecule has 0 heterocycles. The number of benzene rings is 1. The summed E-state index contributed by atoms with van der Waals surface area (Å²) in [6, 6.07) is 4.28. The van der Waals surface area contributed by atoms with Crippen LogP contribution in [0.1, 0.15) is 30.6 Å². The maximum absolute atomic E-state index is 11.8. The average Bonchev–Trinajstić information content (AvgIpc) is 2.31. The molecule has 0 atom stereocenters. The molecule has 104 valence electrons.